The number of nitro groups is 2. The van der Waals surface area contributed by atoms with Gasteiger partial charge in [0.25, 0.3) is 5.69 Å². The number of aromatic nitrogens is 2. The fraction of sp³-hybridized carbons (Fsp3) is 0.357. The lowest BCUT2D eigenvalue weighted by Gasteiger charge is -2.15. The van der Waals surface area contributed by atoms with Gasteiger partial charge in [-0.1, -0.05) is 6.92 Å². The molecule has 2 aromatic rings. The Kier molecular flexibility index (Phi) is 3.36. The van der Waals surface area contributed by atoms with E-state index in [0.29, 0.717) is 5.92 Å². The normalized spacial score (nSPS) is 17.0. The van der Waals surface area contributed by atoms with E-state index in [1.165, 1.54) is 16.8 Å². The highest BCUT2D eigenvalue weighted by Crippen LogP contribution is 2.33. The molecule has 8 nitrogen and oxygen atoms in total. The number of hydrogen-bond acceptors (Lipinski definition) is 5. The van der Waals surface area contributed by atoms with Crippen molar-refractivity contribution in [1.82, 2.24) is 9.78 Å². The van der Waals surface area contributed by atoms with Gasteiger partial charge in [-0.05, 0) is 30.9 Å². The first kappa shape index (κ1) is 14.2. The Bertz CT molecular complexity index is 768. The predicted octanol–water partition coefficient (Wildman–Crippen LogP) is 3.13. The summed E-state index contributed by atoms with van der Waals surface area (Å²) in [6.07, 6.45) is 4.81. The lowest BCUT2D eigenvalue weighted by Crippen LogP contribution is -2.06. The molecule has 0 saturated heterocycles. The summed E-state index contributed by atoms with van der Waals surface area (Å²) >= 11 is 0. The first-order valence-corrected chi connectivity index (χ1v) is 6.99. The highest BCUT2D eigenvalue weighted by Gasteiger charge is 2.25. The molecule has 0 aliphatic heterocycles. The van der Waals surface area contributed by atoms with Crippen molar-refractivity contribution in [2.75, 3.05) is 0 Å². The molecule has 1 aromatic heterocycles. The molecule has 1 heterocycles. The fourth-order valence-electron chi connectivity index (χ4n) is 2.85. The van der Waals surface area contributed by atoms with Gasteiger partial charge in [0.2, 0.25) is 0 Å². The molecule has 1 aliphatic carbocycles. The van der Waals surface area contributed by atoms with Crippen LogP contribution < -0.4 is 0 Å². The maximum atomic E-state index is 11.2. The minimum absolute atomic E-state index is 0.247. The number of nitro benzene ring substituents is 2. The van der Waals surface area contributed by atoms with Crippen LogP contribution in [0.1, 0.15) is 36.9 Å². The van der Waals surface area contributed by atoms with Gasteiger partial charge in [0.1, 0.15) is 5.69 Å². The van der Waals surface area contributed by atoms with E-state index in [1.807, 2.05) is 0 Å². The van der Waals surface area contributed by atoms with Gasteiger partial charge in [-0.15, -0.1) is 0 Å². The van der Waals surface area contributed by atoms with E-state index in [4.69, 9.17) is 0 Å². The van der Waals surface area contributed by atoms with Crippen LogP contribution >= 0.6 is 0 Å². The highest BCUT2D eigenvalue weighted by atomic mass is 16.6. The first-order valence-electron chi connectivity index (χ1n) is 6.99. The number of benzene rings is 1. The van der Waals surface area contributed by atoms with Crippen LogP contribution in [0.3, 0.4) is 0 Å². The molecule has 0 amide bonds. The van der Waals surface area contributed by atoms with Crippen molar-refractivity contribution in [3.8, 4) is 5.69 Å². The standard InChI is InChI=1S/C14H14N4O4/c1-9-3-2-4-10-8-16(15-14(9)10)12-6-5-11(17(19)20)7-13(12)18(21)22/h5-9H,2-4H2,1H3. The van der Waals surface area contributed by atoms with Crippen LogP contribution in [0.5, 0.6) is 0 Å². The van der Waals surface area contributed by atoms with E-state index in [-0.39, 0.29) is 17.1 Å². The summed E-state index contributed by atoms with van der Waals surface area (Å²) in [6, 6.07) is 3.60. The van der Waals surface area contributed by atoms with E-state index < -0.39 is 9.85 Å². The van der Waals surface area contributed by atoms with Crippen molar-refractivity contribution in [3.63, 3.8) is 0 Å². The molecule has 0 radical (unpaired) electrons. The Labute approximate surface area is 125 Å². The van der Waals surface area contributed by atoms with Gasteiger partial charge in [-0.25, -0.2) is 4.68 Å². The zero-order chi connectivity index (χ0) is 15.9. The zero-order valence-electron chi connectivity index (χ0n) is 11.9. The molecule has 0 N–H and O–H groups in total. The van der Waals surface area contributed by atoms with Crippen LogP contribution in [0.25, 0.3) is 5.69 Å². The van der Waals surface area contributed by atoms with Crippen LogP contribution in [0.4, 0.5) is 11.4 Å². The Morgan fingerprint density at radius 1 is 1.27 bits per heavy atom. The SMILES string of the molecule is CC1CCCc2cn(-c3ccc([N+](=O)[O-])cc3[N+](=O)[O-])nc21. The van der Waals surface area contributed by atoms with E-state index in [9.17, 15) is 20.2 Å². The molecule has 1 atom stereocenters. The maximum absolute atomic E-state index is 11.2. The Morgan fingerprint density at radius 3 is 2.68 bits per heavy atom. The lowest BCUT2D eigenvalue weighted by molar-refractivity contribution is -0.394. The van der Waals surface area contributed by atoms with Crippen LogP contribution in [0, 0.1) is 20.2 Å². The largest absolute Gasteiger partial charge is 0.301 e. The summed E-state index contributed by atoms with van der Waals surface area (Å²) in [4.78, 5) is 20.7. The summed E-state index contributed by atoms with van der Waals surface area (Å²) in [5.74, 6) is 0.321. The molecular formula is C14H14N4O4. The maximum Gasteiger partial charge on any atom is 0.301 e. The minimum atomic E-state index is -0.646. The van der Waals surface area contributed by atoms with Crippen molar-refractivity contribution >= 4 is 11.4 Å². The summed E-state index contributed by atoms with van der Waals surface area (Å²) in [5, 5.41) is 26.5. The summed E-state index contributed by atoms with van der Waals surface area (Å²) in [5.41, 5.74) is 1.67. The molecule has 0 fully saturated rings. The van der Waals surface area contributed by atoms with Gasteiger partial charge < -0.3 is 0 Å². The summed E-state index contributed by atoms with van der Waals surface area (Å²) in [6.45, 7) is 2.08. The summed E-state index contributed by atoms with van der Waals surface area (Å²) in [7, 11) is 0. The molecule has 1 aromatic carbocycles. The Hall–Kier alpha value is -2.77. The van der Waals surface area contributed by atoms with Gasteiger partial charge in [-0.3, -0.25) is 20.2 Å². The second kappa shape index (κ2) is 5.21. The van der Waals surface area contributed by atoms with Crippen molar-refractivity contribution in [1.29, 1.82) is 0 Å². The van der Waals surface area contributed by atoms with Gasteiger partial charge in [0, 0.05) is 18.2 Å². The van der Waals surface area contributed by atoms with Gasteiger partial charge in [0.05, 0.1) is 21.6 Å². The quantitative estimate of drug-likeness (QED) is 0.640. The predicted molar refractivity (Wildman–Crippen MR) is 78.2 cm³/mol. The van der Waals surface area contributed by atoms with E-state index >= 15 is 0 Å². The van der Waals surface area contributed by atoms with Crippen LogP contribution in [-0.2, 0) is 6.42 Å². The number of non-ortho nitro benzene ring substituents is 1. The topological polar surface area (TPSA) is 104 Å². The van der Waals surface area contributed by atoms with Crippen LogP contribution in [0.2, 0.25) is 0 Å². The van der Waals surface area contributed by atoms with Gasteiger partial charge >= 0.3 is 5.69 Å². The Balaban J connectivity index is 2.12. The van der Waals surface area contributed by atoms with Crippen LogP contribution in [0.15, 0.2) is 24.4 Å². The number of hydrogen-bond donors (Lipinski definition) is 0. The van der Waals surface area contributed by atoms with Crippen LogP contribution in [-0.4, -0.2) is 19.6 Å². The Morgan fingerprint density at radius 2 is 2.05 bits per heavy atom. The van der Waals surface area contributed by atoms with E-state index in [2.05, 4.69) is 12.0 Å². The molecule has 114 valence electrons. The third-order valence-corrected chi connectivity index (χ3v) is 3.99. The smallest absolute Gasteiger partial charge is 0.258 e. The minimum Gasteiger partial charge on any atom is -0.258 e. The van der Waals surface area contributed by atoms with Gasteiger partial charge in [-0.2, -0.15) is 5.10 Å². The zero-order valence-corrected chi connectivity index (χ0v) is 11.9. The van der Waals surface area contributed by atoms with E-state index in [0.717, 1.165) is 36.6 Å². The second-order valence-corrected chi connectivity index (χ2v) is 5.46. The van der Waals surface area contributed by atoms with Crippen molar-refractivity contribution in [3.05, 3.63) is 55.9 Å². The molecular weight excluding hydrogens is 288 g/mol. The number of fused-ring (bicyclic) bond motifs is 1. The third kappa shape index (κ3) is 2.32. The summed E-state index contributed by atoms with van der Waals surface area (Å²) < 4.78 is 1.47. The molecule has 22 heavy (non-hydrogen) atoms. The molecule has 1 unspecified atom stereocenters. The molecule has 8 heteroatoms. The number of nitrogens with zero attached hydrogens (tertiary/aromatic N) is 4. The number of aryl methyl sites for hydroxylation is 1. The third-order valence-electron chi connectivity index (χ3n) is 3.99. The van der Waals surface area contributed by atoms with E-state index in [1.54, 1.807) is 6.20 Å². The van der Waals surface area contributed by atoms with Crippen molar-refractivity contribution in [2.24, 2.45) is 0 Å². The lowest BCUT2D eigenvalue weighted by atomic mass is 9.90. The van der Waals surface area contributed by atoms with Crippen molar-refractivity contribution < 1.29 is 9.85 Å². The average Bonchev–Trinajstić information content (AvgIpc) is 2.92. The molecule has 3 rings (SSSR count). The van der Waals surface area contributed by atoms with Gasteiger partial charge in [0.15, 0.2) is 0 Å². The van der Waals surface area contributed by atoms with Crippen molar-refractivity contribution in [2.45, 2.75) is 32.1 Å². The first-order chi connectivity index (χ1) is 10.5. The monoisotopic (exact) mass is 302 g/mol. The molecule has 1 aliphatic rings. The highest BCUT2D eigenvalue weighted by molar-refractivity contribution is 5.58. The average molecular weight is 302 g/mol. The molecule has 0 bridgehead atoms. The molecule has 0 spiro atoms. The fourth-order valence-corrected chi connectivity index (χ4v) is 2.85. The second-order valence-electron chi connectivity index (χ2n) is 5.46. The molecule has 0 saturated carbocycles. The number of rotatable bonds is 3.